The highest BCUT2D eigenvalue weighted by atomic mass is 32.2. The summed E-state index contributed by atoms with van der Waals surface area (Å²) in [6.45, 7) is 14.2. The lowest BCUT2D eigenvalue weighted by atomic mass is 9.83. The van der Waals surface area contributed by atoms with Crippen molar-refractivity contribution in [3.05, 3.63) is 35.9 Å². The van der Waals surface area contributed by atoms with Gasteiger partial charge in [0.2, 0.25) is 0 Å². The number of benzene rings is 1. The fraction of sp³-hybridized carbons (Fsp3) is 0.500. The van der Waals surface area contributed by atoms with E-state index in [1.54, 1.807) is 0 Å². The molecule has 0 fully saturated rings. The molecule has 0 aliphatic carbocycles. The van der Waals surface area contributed by atoms with Gasteiger partial charge in [-0.15, -0.1) is 18.2 Å². The summed E-state index contributed by atoms with van der Waals surface area (Å²) in [5, 5.41) is 3.26. The van der Waals surface area contributed by atoms with Gasteiger partial charge in [0.15, 0.2) is 0 Å². The van der Waals surface area contributed by atoms with Crippen molar-refractivity contribution >= 4 is 17.8 Å². The molecule has 0 bridgehead atoms. The number of thioether (sulfide) groups is 1. The summed E-state index contributed by atoms with van der Waals surface area (Å²) in [7, 11) is 0. The van der Waals surface area contributed by atoms with E-state index in [1.807, 2.05) is 11.8 Å². The lowest BCUT2D eigenvalue weighted by Crippen LogP contribution is -2.33. The Morgan fingerprint density at radius 2 is 1.86 bits per heavy atom. The summed E-state index contributed by atoms with van der Waals surface area (Å²) < 4.78 is 0.157. The SMILES string of the molecule is C#CCNC(C)/C=C/c1ccccc1SC(C)(C)C(C)(C)C. The van der Waals surface area contributed by atoms with Gasteiger partial charge in [0.1, 0.15) is 0 Å². The predicted octanol–water partition coefficient (Wildman–Crippen LogP) is 5.23. The van der Waals surface area contributed by atoms with Gasteiger partial charge in [0.25, 0.3) is 0 Å². The maximum Gasteiger partial charge on any atom is 0.0578 e. The third-order valence-corrected chi connectivity index (χ3v) is 5.90. The Bertz CT molecular complexity index is 544. The molecule has 1 rings (SSSR count). The van der Waals surface area contributed by atoms with E-state index in [1.165, 1.54) is 10.5 Å². The molecule has 0 aromatic heterocycles. The van der Waals surface area contributed by atoms with Crippen LogP contribution in [0.3, 0.4) is 0 Å². The second-order valence-electron chi connectivity index (χ2n) is 7.13. The molecule has 0 heterocycles. The first-order valence-electron chi connectivity index (χ1n) is 7.80. The van der Waals surface area contributed by atoms with E-state index >= 15 is 0 Å². The molecule has 0 saturated carbocycles. The summed E-state index contributed by atoms with van der Waals surface area (Å²) in [4.78, 5) is 1.32. The molecule has 0 amide bonds. The molecule has 1 atom stereocenters. The molecule has 1 aromatic carbocycles. The zero-order valence-corrected chi connectivity index (χ0v) is 15.6. The Kier molecular flexibility index (Phi) is 6.78. The second kappa shape index (κ2) is 7.90. The first kappa shape index (κ1) is 18.9. The van der Waals surface area contributed by atoms with Gasteiger partial charge in [-0.25, -0.2) is 0 Å². The number of rotatable bonds is 6. The summed E-state index contributed by atoms with van der Waals surface area (Å²) >= 11 is 1.94. The fourth-order valence-corrected chi connectivity index (χ4v) is 2.93. The van der Waals surface area contributed by atoms with E-state index in [-0.39, 0.29) is 16.2 Å². The van der Waals surface area contributed by atoms with Gasteiger partial charge < -0.3 is 5.32 Å². The normalized spacial score (nSPS) is 14.0. The second-order valence-corrected chi connectivity index (χ2v) is 8.80. The molecule has 1 nitrogen and oxygen atoms in total. The Morgan fingerprint density at radius 1 is 1.23 bits per heavy atom. The van der Waals surface area contributed by atoms with E-state index in [4.69, 9.17) is 6.42 Å². The molecule has 0 spiro atoms. The van der Waals surface area contributed by atoms with E-state index < -0.39 is 0 Å². The van der Waals surface area contributed by atoms with Gasteiger partial charge in [-0.1, -0.05) is 57.0 Å². The van der Waals surface area contributed by atoms with Gasteiger partial charge >= 0.3 is 0 Å². The van der Waals surface area contributed by atoms with Gasteiger partial charge in [0, 0.05) is 15.7 Å². The van der Waals surface area contributed by atoms with Crippen LogP contribution in [0.5, 0.6) is 0 Å². The molecule has 0 saturated heterocycles. The van der Waals surface area contributed by atoms with E-state index in [2.05, 4.69) is 89.2 Å². The van der Waals surface area contributed by atoms with Crippen molar-refractivity contribution in [2.24, 2.45) is 5.41 Å². The highest BCUT2D eigenvalue weighted by molar-refractivity contribution is 8.00. The van der Waals surface area contributed by atoms with Crippen LogP contribution in [-0.4, -0.2) is 17.3 Å². The average molecular weight is 316 g/mol. The van der Waals surface area contributed by atoms with Crippen LogP contribution in [0.1, 0.15) is 47.1 Å². The maximum absolute atomic E-state index is 5.28. The van der Waals surface area contributed by atoms with Gasteiger partial charge in [-0.05, 0) is 37.8 Å². The number of hydrogen-bond acceptors (Lipinski definition) is 2. The zero-order chi connectivity index (χ0) is 16.8. The molecule has 2 heteroatoms. The van der Waals surface area contributed by atoms with Crippen molar-refractivity contribution in [3.8, 4) is 12.3 Å². The monoisotopic (exact) mass is 315 g/mol. The van der Waals surface area contributed by atoms with Crippen LogP contribution < -0.4 is 5.32 Å². The molecule has 22 heavy (non-hydrogen) atoms. The fourth-order valence-electron chi connectivity index (χ4n) is 1.68. The average Bonchev–Trinajstić information content (AvgIpc) is 2.42. The first-order chi connectivity index (χ1) is 10.2. The Morgan fingerprint density at radius 3 is 2.45 bits per heavy atom. The largest absolute Gasteiger partial charge is 0.300 e. The number of terminal acetylenes is 1. The third kappa shape index (κ3) is 5.55. The minimum Gasteiger partial charge on any atom is -0.300 e. The Hall–Kier alpha value is -1.17. The quantitative estimate of drug-likeness (QED) is 0.570. The van der Waals surface area contributed by atoms with Crippen LogP contribution in [0.25, 0.3) is 6.08 Å². The van der Waals surface area contributed by atoms with Crippen molar-refractivity contribution < 1.29 is 0 Å². The van der Waals surface area contributed by atoms with Crippen LogP contribution >= 0.6 is 11.8 Å². The standard InChI is InChI=1S/C20H29NS/c1-8-15-21-16(2)13-14-17-11-9-10-12-18(17)22-20(6,7)19(3,4)5/h1,9-14,16,21H,15H2,2-7H3/b14-13+. The van der Waals surface area contributed by atoms with E-state index in [0.717, 1.165) is 0 Å². The van der Waals surface area contributed by atoms with Gasteiger partial charge in [-0.3, -0.25) is 0 Å². The summed E-state index contributed by atoms with van der Waals surface area (Å²) in [6.07, 6.45) is 9.64. The lowest BCUT2D eigenvalue weighted by Gasteiger charge is -2.38. The smallest absolute Gasteiger partial charge is 0.0578 e. The Labute approximate surface area is 141 Å². The Balaban J connectivity index is 2.92. The molecular formula is C20H29NS. The predicted molar refractivity (Wildman–Crippen MR) is 101 cm³/mol. The summed E-state index contributed by atoms with van der Waals surface area (Å²) in [6, 6.07) is 8.85. The summed E-state index contributed by atoms with van der Waals surface area (Å²) in [5.74, 6) is 2.61. The molecule has 1 unspecified atom stereocenters. The van der Waals surface area contributed by atoms with Crippen LogP contribution in [0, 0.1) is 17.8 Å². The summed E-state index contributed by atoms with van der Waals surface area (Å²) in [5.41, 5.74) is 1.50. The minimum absolute atomic E-state index is 0.157. The van der Waals surface area contributed by atoms with Crippen LogP contribution in [0.15, 0.2) is 35.2 Å². The molecule has 1 N–H and O–H groups in total. The van der Waals surface area contributed by atoms with E-state index in [0.29, 0.717) is 6.54 Å². The molecule has 1 aromatic rings. The molecule has 0 radical (unpaired) electrons. The van der Waals surface area contributed by atoms with Crippen molar-refractivity contribution in [1.82, 2.24) is 5.32 Å². The van der Waals surface area contributed by atoms with Crippen LogP contribution in [-0.2, 0) is 0 Å². The van der Waals surface area contributed by atoms with Crippen molar-refractivity contribution in [1.29, 1.82) is 0 Å². The molecule has 120 valence electrons. The molecular weight excluding hydrogens is 286 g/mol. The highest BCUT2D eigenvalue weighted by Gasteiger charge is 2.34. The number of nitrogens with one attached hydrogen (secondary N) is 1. The third-order valence-electron chi connectivity index (χ3n) is 4.18. The molecule has 0 aliphatic rings. The highest BCUT2D eigenvalue weighted by Crippen LogP contribution is 2.46. The lowest BCUT2D eigenvalue weighted by molar-refractivity contribution is 0.320. The van der Waals surface area contributed by atoms with Crippen molar-refractivity contribution in [2.45, 2.75) is 57.2 Å². The maximum atomic E-state index is 5.28. The zero-order valence-electron chi connectivity index (χ0n) is 14.7. The van der Waals surface area contributed by atoms with Crippen LogP contribution in [0.4, 0.5) is 0 Å². The topological polar surface area (TPSA) is 12.0 Å². The van der Waals surface area contributed by atoms with Gasteiger partial charge in [0.05, 0.1) is 6.54 Å². The van der Waals surface area contributed by atoms with Crippen LogP contribution in [0.2, 0.25) is 0 Å². The molecule has 0 aliphatic heterocycles. The minimum atomic E-state index is 0.157. The van der Waals surface area contributed by atoms with E-state index in [9.17, 15) is 0 Å². The number of hydrogen-bond donors (Lipinski definition) is 1. The van der Waals surface area contributed by atoms with Crippen molar-refractivity contribution in [3.63, 3.8) is 0 Å². The van der Waals surface area contributed by atoms with Crippen molar-refractivity contribution in [2.75, 3.05) is 6.54 Å². The first-order valence-corrected chi connectivity index (χ1v) is 8.62. The van der Waals surface area contributed by atoms with Gasteiger partial charge in [-0.2, -0.15) is 0 Å².